The van der Waals surface area contributed by atoms with Gasteiger partial charge in [-0.15, -0.1) is 0 Å². The van der Waals surface area contributed by atoms with E-state index < -0.39 is 0 Å². The van der Waals surface area contributed by atoms with Crippen molar-refractivity contribution in [3.8, 4) is 22.9 Å². The molecule has 0 spiro atoms. The lowest BCUT2D eigenvalue weighted by atomic mass is 10.2. The molecule has 5 nitrogen and oxygen atoms in total. The van der Waals surface area contributed by atoms with Gasteiger partial charge in [0.2, 0.25) is 0 Å². The van der Waals surface area contributed by atoms with Crippen molar-refractivity contribution in [3.05, 3.63) is 39.2 Å². The molecule has 0 saturated heterocycles. The fourth-order valence-corrected chi connectivity index (χ4v) is 1.83. The van der Waals surface area contributed by atoms with E-state index in [-0.39, 0.29) is 11.3 Å². The standard InChI is InChI=1S/C11H9BrN2O3/c1-17-8-5-6(4-7(12)10(8)16)11-13-3-2-9(15)14-11/h2-5,16H,1H3,(H,13,14,15). The molecule has 2 rings (SSSR count). The molecule has 0 aliphatic rings. The van der Waals surface area contributed by atoms with E-state index in [2.05, 4.69) is 25.9 Å². The van der Waals surface area contributed by atoms with Crippen molar-refractivity contribution in [2.45, 2.75) is 0 Å². The second-order valence-corrected chi connectivity index (χ2v) is 4.15. The number of nitrogens with one attached hydrogen (secondary N) is 1. The molecule has 0 radical (unpaired) electrons. The van der Waals surface area contributed by atoms with E-state index in [9.17, 15) is 9.90 Å². The number of aromatic hydroxyl groups is 1. The summed E-state index contributed by atoms with van der Waals surface area (Å²) >= 11 is 3.20. The molecule has 0 saturated carbocycles. The Labute approximate surface area is 105 Å². The summed E-state index contributed by atoms with van der Waals surface area (Å²) in [7, 11) is 1.45. The van der Waals surface area contributed by atoms with E-state index in [0.29, 0.717) is 21.6 Å². The summed E-state index contributed by atoms with van der Waals surface area (Å²) in [5.41, 5.74) is 0.405. The first-order valence-corrected chi connectivity index (χ1v) is 5.53. The van der Waals surface area contributed by atoms with E-state index in [4.69, 9.17) is 4.74 Å². The van der Waals surface area contributed by atoms with Crippen LogP contribution in [0.2, 0.25) is 0 Å². The quantitative estimate of drug-likeness (QED) is 0.888. The van der Waals surface area contributed by atoms with Crippen molar-refractivity contribution in [2.24, 2.45) is 0 Å². The molecule has 0 fully saturated rings. The second kappa shape index (κ2) is 4.58. The smallest absolute Gasteiger partial charge is 0.251 e. The molecule has 17 heavy (non-hydrogen) atoms. The number of hydrogen-bond donors (Lipinski definition) is 2. The summed E-state index contributed by atoms with van der Waals surface area (Å²) in [5.74, 6) is 0.729. The Morgan fingerprint density at radius 2 is 2.24 bits per heavy atom. The number of phenolic OH excluding ortho intramolecular Hbond substituents is 1. The van der Waals surface area contributed by atoms with Gasteiger partial charge >= 0.3 is 0 Å². The van der Waals surface area contributed by atoms with Crippen LogP contribution < -0.4 is 10.3 Å². The summed E-state index contributed by atoms with van der Waals surface area (Å²) in [6, 6.07) is 4.57. The molecule has 2 aromatic rings. The first-order valence-electron chi connectivity index (χ1n) is 4.74. The minimum atomic E-state index is -0.238. The van der Waals surface area contributed by atoms with E-state index in [1.807, 2.05) is 0 Å². The summed E-state index contributed by atoms with van der Waals surface area (Å²) in [6.45, 7) is 0. The van der Waals surface area contributed by atoms with Gasteiger partial charge in [-0.3, -0.25) is 4.79 Å². The molecule has 1 heterocycles. The Kier molecular flexibility index (Phi) is 3.14. The lowest BCUT2D eigenvalue weighted by Crippen LogP contribution is -2.05. The lowest BCUT2D eigenvalue weighted by Gasteiger charge is -2.08. The Morgan fingerprint density at radius 3 is 2.88 bits per heavy atom. The number of ether oxygens (including phenoxy) is 1. The van der Waals surface area contributed by atoms with Crippen molar-refractivity contribution in [1.29, 1.82) is 0 Å². The molecule has 1 aromatic heterocycles. The average Bonchev–Trinajstić information content (AvgIpc) is 2.32. The first-order chi connectivity index (χ1) is 8.11. The number of methoxy groups -OCH3 is 1. The highest BCUT2D eigenvalue weighted by Crippen LogP contribution is 2.37. The predicted octanol–water partition coefficient (Wildman–Crippen LogP) is 1.91. The zero-order valence-corrected chi connectivity index (χ0v) is 10.5. The van der Waals surface area contributed by atoms with Crippen LogP contribution >= 0.6 is 15.9 Å². The Bertz CT molecular complexity index is 610. The third kappa shape index (κ3) is 2.31. The van der Waals surface area contributed by atoms with Gasteiger partial charge in [0.05, 0.1) is 11.6 Å². The molecule has 0 atom stereocenters. The van der Waals surface area contributed by atoms with Crippen LogP contribution in [-0.4, -0.2) is 22.2 Å². The van der Waals surface area contributed by atoms with Crippen LogP contribution in [-0.2, 0) is 0 Å². The van der Waals surface area contributed by atoms with Crippen LogP contribution in [0.15, 0.2) is 33.7 Å². The Hall–Kier alpha value is -1.82. The number of H-pyrrole nitrogens is 1. The van der Waals surface area contributed by atoms with Crippen LogP contribution in [0.4, 0.5) is 0 Å². The van der Waals surface area contributed by atoms with Crippen molar-refractivity contribution < 1.29 is 9.84 Å². The van der Waals surface area contributed by atoms with Crippen molar-refractivity contribution in [2.75, 3.05) is 7.11 Å². The molecule has 6 heteroatoms. The molecule has 1 aromatic carbocycles. The van der Waals surface area contributed by atoms with Crippen LogP contribution in [0.3, 0.4) is 0 Å². The number of nitrogens with zero attached hydrogens (tertiary/aromatic N) is 1. The zero-order valence-electron chi connectivity index (χ0n) is 8.90. The number of aromatic amines is 1. The zero-order chi connectivity index (χ0) is 12.4. The number of rotatable bonds is 2. The fourth-order valence-electron chi connectivity index (χ4n) is 1.38. The first kappa shape index (κ1) is 11.7. The molecule has 0 unspecified atom stereocenters. The molecular formula is C11H9BrN2O3. The maximum atomic E-state index is 11.2. The third-order valence-corrected chi connectivity index (χ3v) is 2.80. The molecule has 88 valence electrons. The van der Waals surface area contributed by atoms with Gasteiger partial charge in [0, 0.05) is 17.8 Å². The molecule has 2 N–H and O–H groups in total. The minimum Gasteiger partial charge on any atom is -0.503 e. The third-order valence-electron chi connectivity index (χ3n) is 2.19. The largest absolute Gasteiger partial charge is 0.503 e. The van der Waals surface area contributed by atoms with Gasteiger partial charge in [-0.1, -0.05) is 0 Å². The van der Waals surface area contributed by atoms with E-state index in [1.165, 1.54) is 19.4 Å². The van der Waals surface area contributed by atoms with Crippen molar-refractivity contribution >= 4 is 15.9 Å². The highest BCUT2D eigenvalue weighted by Gasteiger charge is 2.10. The molecule has 0 aliphatic carbocycles. The maximum Gasteiger partial charge on any atom is 0.251 e. The summed E-state index contributed by atoms with van der Waals surface area (Å²) in [6.07, 6.45) is 1.42. The maximum absolute atomic E-state index is 11.2. The lowest BCUT2D eigenvalue weighted by molar-refractivity contribution is 0.372. The van der Waals surface area contributed by atoms with E-state index in [0.717, 1.165) is 0 Å². The molecule has 0 bridgehead atoms. The van der Waals surface area contributed by atoms with E-state index in [1.54, 1.807) is 12.1 Å². The van der Waals surface area contributed by atoms with Gasteiger partial charge in [-0.2, -0.15) is 0 Å². The highest BCUT2D eigenvalue weighted by molar-refractivity contribution is 9.10. The van der Waals surface area contributed by atoms with Crippen molar-refractivity contribution in [1.82, 2.24) is 9.97 Å². The number of aromatic nitrogens is 2. The average molecular weight is 297 g/mol. The van der Waals surface area contributed by atoms with Crippen LogP contribution in [0.1, 0.15) is 0 Å². The Morgan fingerprint density at radius 1 is 1.47 bits per heavy atom. The molecule has 0 amide bonds. The van der Waals surface area contributed by atoms with Gasteiger partial charge in [-0.25, -0.2) is 4.98 Å². The second-order valence-electron chi connectivity index (χ2n) is 3.29. The van der Waals surface area contributed by atoms with Gasteiger partial charge < -0.3 is 14.8 Å². The van der Waals surface area contributed by atoms with Crippen LogP contribution in [0.25, 0.3) is 11.4 Å². The number of halogens is 1. The van der Waals surface area contributed by atoms with E-state index >= 15 is 0 Å². The van der Waals surface area contributed by atoms with Gasteiger partial charge in [0.1, 0.15) is 5.82 Å². The van der Waals surface area contributed by atoms with Crippen LogP contribution in [0.5, 0.6) is 11.5 Å². The highest BCUT2D eigenvalue weighted by atomic mass is 79.9. The topological polar surface area (TPSA) is 75.2 Å². The van der Waals surface area contributed by atoms with Gasteiger partial charge in [0.15, 0.2) is 11.5 Å². The summed E-state index contributed by atoms with van der Waals surface area (Å²) in [4.78, 5) is 17.8. The van der Waals surface area contributed by atoms with Crippen LogP contribution in [0, 0.1) is 0 Å². The number of phenols is 1. The van der Waals surface area contributed by atoms with Gasteiger partial charge in [-0.05, 0) is 28.1 Å². The molecular weight excluding hydrogens is 288 g/mol. The normalized spacial score (nSPS) is 10.2. The predicted molar refractivity (Wildman–Crippen MR) is 66.2 cm³/mol. The number of hydrogen-bond acceptors (Lipinski definition) is 4. The monoisotopic (exact) mass is 296 g/mol. The molecule has 0 aliphatic heterocycles. The summed E-state index contributed by atoms with van der Waals surface area (Å²) < 4.78 is 5.49. The number of benzene rings is 1. The summed E-state index contributed by atoms with van der Waals surface area (Å²) in [5, 5.41) is 9.66. The minimum absolute atomic E-state index is 0.00882. The Balaban J connectivity index is 2.60. The van der Waals surface area contributed by atoms with Gasteiger partial charge in [0.25, 0.3) is 5.56 Å². The van der Waals surface area contributed by atoms with Crippen molar-refractivity contribution in [3.63, 3.8) is 0 Å². The fraction of sp³-hybridized carbons (Fsp3) is 0.0909. The SMILES string of the molecule is COc1cc(-c2nccc(=O)[nH]2)cc(Br)c1O.